The number of hydrogen-bond donors (Lipinski definition) is 1. The molecule has 0 bridgehead atoms. The van der Waals surface area contributed by atoms with Crippen LogP contribution in [-0.2, 0) is 6.18 Å². The van der Waals surface area contributed by atoms with Crippen LogP contribution in [0, 0.1) is 14.9 Å². The van der Waals surface area contributed by atoms with Crippen molar-refractivity contribution in [2.75, 3.05) is 0 Å². The van der Waals surface area contributed by atoms with Gasteiger partial charge >= 0.3 is 57.6 Å². The van der Waals surface area contributed by atoms with E-state index < -0.39 is 17.7 Å². The van der Waals surface area contributed by atoms with Gasteiger partial charge in [-0.15, -0.1) is 23.2 Å². The number of rotatable bonds is 3. The molecule has 0 amide bonds. The summed E-state index contributed by atoms with van der Waals surface area (Å²) in [5.74, 6) is -0.651. The topological polar surface area (TPSA) is 45.8 Å². The molecule has 0 aliphatic carbocycles. The van der Waals surface area contributed by atoms with Gasteiger partial charge in [0.15, 0.2) is 5.78 Å². The van der Waals surface area contributed by atoms with Crippen LogP contribution in [-0.4, -0.2) is 15.8 Å². The van der Waals surface area contributed by atoms with Gasteiger partial charge < -0.3 is 19.8 Å². The summed E-state index contributed by atoms with van der Waals surface area (Å²) in [4.78, 5) is 18.3. The third kappa shape index (κ3) is 7.32. The number of alkyl halides is 3. The number of nitrogens with zero attached hydrogens (tertiary/aromatic N) is 1. The number of carbonyl (C=O) groups excluding carboxylic acids is 1. The predicted octanol–water partition coefficient (Wildman–Crippen LogP) is 0.844. The number of carbonyl (C=O) groups is 1. The standard InChI is InChI=1S/C15H10F3N2O.C2H6.2CH3.K/c1-3-5-10-9(2)19-8-11(10)14(21)12-6-4-7-13(20-12)15(16,17)18;1-2;;;/h2-8,19H,1H2;1-2H3;2*1H3;/q-1;;2*-1;+1/b10-5+;;;;. The zero-order chi connectivity index (χ0) is 17.6. The Labute approximate surface area is 195 Å². The number of hydrogen-bond acceptors (Lipinski definition) is 2. The number of aromatic amines is 1. The number of ketones is 1. The molecule has 0 saturated heterocycles. The van der Waals surface area contributed by atoms with Gasteiger partial charge in [0.05, 0.1) is 0 Å². The third-order valence-electron chi connectivity index (χ3n) is 2.75. The summed E-state index contributed by atoms with van der Waals surface area (Å²) in [5, 5.41) is 0.597. The Bertz CT molecular complexity index is 811. The van der Waals surface area contributed by atoms with E-state index in [9.17, 15) is 18.0 Å². The second kappa shape index (κ2) is 13.2. The van der Waals surface area contributed by atoms with Crippen molar-refractivity contribution >= 4 is 18.4 Å². The Morgan fingerprint density at radius 3 is 2.35 bits per heavy atom. The summed E-state index contributed by atoms with van der Waals surface area (Å²) in [6.45, 7) is 13.2. The fourth-order valence-corrected chi connectivity index (χ4v) is 1.79. The van der Waals surface area contributed by atoms with Gasteiger partial charge in [-0.25, -0.2) is 4.98 Å². The van der Waals surface area contributed by atoms with Crippen LogP contribution in [0.4, 0.5) is 13.2 Å². The van der Waals surface area contributed by atoms with E-state index >= 15 is 0 Å². The van der Waals surface area contributed by atoms with Crippen LogP contribution in [0.25, 0.3) is 12.7 Å². The molecule has 0 atom stereocenters. The molecule has 0 saturated carbocycles. The van der Waals surface area contributed by atoms with Crippen LogP contribution in [0.15, 0.2) is 37.1 Å². The summed E-state index contributed by atoms with van der Waals surface area (Å²) >= 11 is 0. The third-order valence-corrected chi connectivity index (χ3v) is 2.75. The summed E-state index contributed by atoms with van der Waals surface area (Å²) in [7, 11) is 0. The Hall–Kier alpha value is -0.994. The minimum atomic E-state index is -4.61. The second-order valence-corrected chi connectivity index (χ2v) is 4.17. The molecule has 138 valence electrons. The molecule has 1 N–H and O–H groups in total. The molecular weight excluding hydrogens is 368 g/mol. The van der Waals surface area contributed by atoms with Gasteiger partial charge in [0.2, 0.25) is 0 Å². The van der Waals surface area contributed by atoms with Gasteiger partial charge in [-0.05, 0) is 23.9 Å². The summed E-state index contributed by atoms with van der Waals surface area (Å²) in [5.41, 5.74) is -1.28. The van der Waals surface area contributed by atoms with Gasteiger partial charge in [-0.1, -0.05) is 26.0 Å². The average Bonchev–Trinajstić information content (AvgIpc) is 2.89. The molecule has 0 aromatic carbocycles. The summed E-state index contributed by atoms with van der Waals surface area (Å²) < 4.78 is 37.9. The monoisotopic (exact) mass is 390 g/mol. The van der Waals surface area contributed by atoms with Gasteiger partial charge in [0.1, 0.15) is 11.4 Å². The van der Waals surface area contributed by atoms with Gasteiger partial charge in [0, 0.05) is 0 Å². The maximum absolute atomic E-state index is 12.6. The smallest absolute Gasteiger partial charge is 0.397 e. The normalized spacial score (nSPS) is 10.3. The van der Waals surface area contributed by atoms with E-state index in [-0.39, 0.29) is 82.8 Å². The van der Waals surface area contributed by atoms with E-state index in [1.807, 2.05) is 13.8 Å². The van der Waals surface area contributed by atoms with E-state index in [0.29, 0.717) is 5.22 Å². The Balaban J connectivity index is -0.00000102. The first kappa shape index (κ1) is 29.8. The number of nitrogens with one attached hydrogen (secondary N) is 1. The van der Waals surface area contributed by atoms with Crippen molar-refractivity contribution < 1.29 is 69.4 Å². The van der Waals surface area contributed by atoms with Gasteiger partial charge in [-0.2, -0.15) is 13.2 Å². The Morgan fingerprint density at radius 2 is 1.85 bits per heavy atom. The van der Waals surface area contributed by atoms with Crippen molar-refractivity contribution in [3.05, 3.63) is 79.4 Å². The number of allylic oxidation sites excluding steroid dienone is 1. The van der Waals surface area contributed by atoms with Crippen molar-refractivity contribution in [1.29, 1.82) is 0 Å². The molecule has 0 aliphatic heterocycles. The van der Waals surface area contributed by atoms with E-state index in [1.54, 1.807) is 0 Å². The molecule has 2 aromatic rings. The number of pyridine rings is 1. The van der Waals surface area contributed by atoms with E-state index in [4.69, 9.17) is 6.58 Å². The van der Waals surface area contributed by atoms with Crippen LogP contribution in [0.5, 0.6) is 0 Å². The SMILES string of the molecule is CC.[CH-]=c1[nH]cc(C(=O)c2cccc(C(F)(F)F)n2)/c1=C/C=C.[CH3-].[CH3-].[K+]. The van der Waals surface area contributed by atoms with Crippen LogP contribution in [0.3, 0.4) is 0 Å². The molecule has 0 unspecified atom stereocenters. The molecule has 0 fully saturated rings. The van der Waals surface area contributed by atoms with Gasteiger partial charge in [0.25, 0.3) is 0 Å². The van der Waals surface area contributed by atoms with E-state index in [2.05, 4.69) is 16.5 Å². The van der Waals surface area contributed by atoms with E-state index in [1.165, 1.54) is 24.4 Å². The van der Waals surface area contributed by atoms with Gasteiger partial charge in [-0.3, -0.25) is 11.4 Å². The molecule has 0 aliphatic rings. The van der Waals surface area contributed by atoms with Crippen LogP contribution in [0.2, 0.25) is 0 Å². The van der Waals surface area contributed by atoms with Crippen molar-refractivity contribution in [3.63, 3.8) is 0 Å². The zero-order valence-electron chi connectivity index (χ0n) is 15.7. The van der Waals surface area contributed by atoms with E-state index in [0.717, 1.165) is 12.1 Å². The van der Waals surface area contributed by atoms with Crippen molar-refractivity contribution in [2.24, 2.45) is 0 Å². The maximum atomic E-state index is 12.6. The molecular formula is C19H22F3KN2O-2. The first-order valence-electron chi connectivity index (χ1n) is 6.86. The fourth-order valence-electron chi connectivity index (χ4n) is 1.79. The Kier molecular flexibility index (Phi) is 15.1. The molecule has 0 spiro atoms. The van der Waals surface area contributed by atoms with Crippen LogP contribution >= 0.6 is 0 Å². The molecule has 0 radical (unpaired) electrons. The van der Waals surface area contributed by atoms with Crippen LogP contribution in [0.1, 0.15) is 35.6 Å². The minimum Gasteiger partial charge on any atom is -0.397 e. The molecule has 2 rings (SSSR count). The molecule has 2 aromatic heterocycles. The largest absolute Gasteiger partial charge is 1.00 e. The number of H-pyrrole nitrogens is 1. The molecule has 3 nitrogen and oxygen atoms in total. The molecule has 26 heavy (non-hydrogen) atoms. The number of halogens is 3. The maximum Gasteiger partial charge on any atom is 1.00 e. The van der Waals surface area contributed by atoms with Crippen molar-refractivity contribution in [3.8, 4) is 0 Å². The summed E-state index contributed by atoms with van der Waals surface area (Å²) in [6, 6.07) is 3.16. The Morgan fingerprint density at radius 1 is 1.27 bits per heavy atom. The number of aromatic nitrogens is 2. The second-order valence-electron chi connectivity index (χ2n) is 4.17. The van der Waals surface area contributed by atoms with Crippen molar-refractivity contribution in [2.45, 2.75) is 20.0 Å². The van der Waals surface area contributed by atoms with Crippen molar-refractivity contribution in [1.82, 2.24) is 9.97 Å². The predicted molar refractivity (Wildman–Crippen MR) is 96.0 cm³/mol. The first-order chi connectivity index (χ1) is 10.8. The zero-order valence-corrected chi connectivity index (χ0v) is 18.9. The molecule has 2 heterocycles. The average molecular weight is 390 g/mol. The first-order valence-corrected chi connectivity index (χ1v) is 6.86. The quantitative estimate of drug-likeness (QED) is 0.480. The summed E-state index contributed by atoms with van der Waals surface area (Å²) in [6.07, 6.45) is -0.360. The van der Waals surface area contributed by atoms with Crippen LogP contribution < -0.4 is 62.0 Å². The minimum absolute atomic E-state index is 0. The molecule has 7 heteroatoms. The fraction of sp³-hybridized carbons (Fsp3) is 0.158.